The summed E-state index contributed by atoms with van der Waals surface area (Å²) in [4.78, 5) is 12.3. The Labute approximate surface area is 125 Å². The van der Waals surface area contributed by atoms with Gasteiger partial charge in [0.05, 0.1) is 12.6 Å². The maximum atomic E-state index is 12.3. The molecule has 3 heteroatoms. The van der Waals surface area contributed by atoms with Crippen molar-refractivity contribution in [1.82, 2.24) is 5.32 Å². The van der Waals surface area contributed by atoms with E-state index >= 15 is 0 Å². The largest absolute Gasteiger partial charge is 0.346 e. The van der Waals surface area contributed by atoms with E-state index < -0.39 is 0 Å². The SMILES string of the molecule is CC(NC(=O)c1cccc(C#CCN)c1)c1ccccc1. The number of nitrogens with two attached hydrogens (primary N) is 1. The number of rotatable bonds is 3. The quantitative estimate of drug-likeness (QED) is 0.848. The molecule has 0 saturated heterocycles. The van der Waals surface area contributed by atoms with Crippen molar-refractivity contribution in [2.45, 2.75) is 13.0 Å². The van der Waals surface area contributed by atoms with Crippen LogP contribution in [0.5, 0.6) is 0 Å². The van der Waals surface area contributed by atoms with Crippen LogP contribution in [0.25, 0.3) is 0 Å². The van der Waals surface area contributed by atoms with Gasteiger partial charge in [0, 0.05) is 11.1 Å². The van der Waals surface area contributed by atoms with Gasteiger partial charge in [-0.1, -0.05) is 48.2 Å². The molecule has 1 atom stereocenters. The zero-order chi connectivity index (χ0) is 15.1. The molecule has 2 aromatic rings. The van der Waals surface area contributed by atoms with Crippen LogP contribution >= 0.6 is 0 Å². The summed E-state index contributed by atoms with van der Waals surface area (Å²) in [7, 11) is 0. The van der Waals surface area contributed by atoms with Gasteiger partial charge in [-0.15, -0.1) is 0 Å². The van der Waals surface area contributed by atoms with Gasteiger partial charge in [0.2, 0.25) is 0 Å². The minimum atomic E-state index is -0.109. The maximum absolute atomic E-state index is 12.3. The Kier molecular flexibility index (Phi) is 5.14. The van der Waals surface area contributed by atoms with Crippen LogP contribution in [0, 0.1) is 11.8 Å². The van der Waals surface area contributed by atoms with Gasteiger partial charge in [-0.25, -0.2) is 0 Å². The lowest BCUT2D eigenvalue weighted by Gasteiger charge is -2.14. The minimum absolute atomic E-state index is 0.0440. The molecule has 21 heavy (non-hydrogen) atoms. The number of hydrogen-bond acceptors (Lipinski definition) is 2. The summed E-state index contributed by atoms with van der Waals surface area (Å²) in [6.45, 7) is 2.27. The van der Waals surface area contributed by atoms with Crippen LogP contribution in [0.2, 0.25) is 0 Å². The van der Waals surface area contributed by atoms with Crippen molar-refractivity contribution in [3.63, 3.8) is 0 Å². The molecule has 0 aliphatic heterocycles. The van der Waals surface area contributed by atoms with Gasteiger partial charge in [-0.05, 0) is 30.7 Å². The van der Waals surface area contributed by atoms with Crippen LogP contribution < -0.4 is 11.1 Å². The average molecular weight is 278 g/mol. The number of carbonyl (C=O) groups is 1. The van der Waals surface area contributed by atoms with Crippen LogP contribution in [-0.2, 0) is 0 Å². The van der Waals surface area contributed by atoms with E-state index in [-0.39, 0.29) is 11.9 Å². The first kappa shape index (κ1) is 14.8. The van der Waals surface area contributed by atoms with E-state index in [1.807, 2.05) is 49.4 Å². The molecule has 0 spiro atoms. The lowest BCUT2D eigenvalue weighted by molar-refractivity contribution is 0.0940. The van der Waals surface area contributed by atoms with Crippen molar-refractivity contribution in [2.24, 2.45) is 5.73 Å². The van der Waals surface area contributed by atoms with E-state index in [9.17, 15) is 4.79 Å². The fraction of sp³-hybridized carbons (Fsp3) is 0.167. The Morgan fingerprint density at radius 3 is 2.67 bits per heavy atom. The molecule has 0 bridgehead atoms. The van der Waals surface area contributed by atoms with Crippen LogP contribution in [0.15, 0.2) is 54.6 Å². The highest BCUT2D eigenvalue weighted by molar-refractivity contribution is 5.94. The zero-order valence-electron chi connectivity index (χ0n) is 12.0. The highest BCUT2D eigenvalue weighted by Crippen LogP contribution is 2.13. The van der Waals surface area contributed by atoms with Gasteiger partial charge >= 0.3 is 0 Å². The van der Waals surface area contributed by atoms with Crippen molar-refractivity contribution in [2.75, 3.05) is 6.54 Å². The third-order valence-electron chi connectivity index (χ3n) is 3.11. The lowest BCUT2D eigenvalue weighted by atomic mass is 10.1. The molecule has 3 nitrogen and oxygen atoms in total. The van der Waals surface area contributed by atoms with Gasteiger partial charge in [0.25, 0.3) is 5.91 Å². The molecule has 1 unspecified atom stereocenters. The van der Waals surface area contributed by atoms with E-state index in [0.717, 1.165) is 11.1 Å². The summed E-state index contributed by atoms with van der Waals surface area (Å²) >= 11 is 0. The molecule has 0 aliphatic carbocycles. The van der Waals surface area contributed by atoms with Crippen molar-refractivity contribution in [3.05, 3.63) is 71.3 Å². The molecule has 0 heterocycles. The lowest BCUT2D eigenvalue weighted by Crippen LogP contribution is -2.26. The van der Waals surface area contributed by atoms with E-state index in [1.165, 1.54) is 0 Å². The first-order valence-corrected chi connectivity index (χ1v) is 6.85. The van der Waals surface area contributed by atoms with Crippen LogP contribution in [0.1, 0.15) is 34.5 Å². The Bertz CT molecular complexity index is 668. The standard InChI is InChI=1S/C18H18N2O/c1-14(16-9-3-2-4-10-16)20-18(21)17-11-5-7-15(13-17)8-6-12-19/h2-5,7,9-11,13-14H,12,19H2,1H3,(H,20,21). The van der Waals surface area contributed by atoms with Gasteiger partial charge in [0.15, 0.2) is 0 Å². The second-order valence-electron chi connectivity index (χ2n) is 4.69. The summed E-state index contributed by atoms with van der Waals surface area (Å²) in [6.07, 6.45) is 0. The van der Waals surface area contributed by atoms with E-state index in [0.29, 0.717) is 12.1 Å². The molecule has 2 rings (SSSR count). The van der Waals surface area contributed by atoms with Gasteiger partial charge in [-0.3, -0.25) is 4.79 Å². The summed E-state index contributed by atoms with van der Waals surface area (Å²) in [6, 6.07) is 17.1. The van der Waals surface area contributed by atoms with Crippen LogP contribution in [0.3, 0.4) is 0 Å². The van der Waals surface area contributed by atoms with Crippen LogP contribution in [0.4, 0.5) is 0 Å². The van der Waals surface area contributed by atoms with Gasteiger partial charge < -0.3 is 11.1 Å². The first-order chi connectivity index (χ1) is 10.2. The Balaban J connectivity index is 2.10. The van der Waals surface area contributed by atoms with Crippen molar-refractivity contribution in [3.8, 4) is 11.8 Å². The maximum Gasteiger partial charge on any atom is 0.251 e. The van der Waals surface area contributed by atoms with E-state index in [4.69, 9.17) is 5.73 Å². The molecule has 3 N–H and O–H groups in total. The molecular weight excluding hydrogens is 260 g/mol. The fourth-order valence-electron chi connectivity index (χ4n) is 2.00. The minimum Gasteiger partial charge on any atom is -0.346 e. The number of hydrogen-bond donors (Lipinski definition) is 2. The molecule has 0 saturated carbocycles. The molecule has 1 amide bonds. The molecule has 106 valence electrons. The van der Waals surface area contributed by atoms with Crippen molar-refractivity contribution in [1.29, 1.82) is 0 Å². The summed E-state index contributed by atoms with van der Waals surface area (Å²) in [5.74, 6) is 5.60. The molecular formula is C18H18N2O. The number of benzene rings is 2. The Morgan fingerprint density at radius 1 is 1.19 bits per heavy atom. The third kappa shape index (κ3) is 4.20. The normalized spacial score (nSPS) is 11.1. The highest BCUT2D eigenvalue weighted by atomic mass is 16.1. The molecule has 0 fully saturated rings. The molecule has 0 aromatic heterocycles. The predicted molar refractivity (Wildman–Crippen MR) is 84.7 cm³/mol. The zero-order valence-corrected chi connectivity index (χ0v) is 12.0. The van der Waals surface area contributed by atoms with Crippen molar-refractivity contribution < 1.29 is 4.79 Å². The predicted octanol–water partition coefficient (Wildman–Crippen LogP) is 2.49. The smallest absolute Gasteiger partial charge is 0.251 e. The highest BCUT2D eigenvalue weighted by Gasteiger charge is 2.11. The number of carbonyl (C=O) groups excluding carboxylic acids is 1. The van der Waals surface area contributed by atoms with Gasteiger partial charge in [0.1, 0.15) is 0 Å². The third-order valence-corrected chi connectivity index (χ3v) is 3.11. The second-order valence-corrected chi connectivity index (χ2v) is 4.69. The average Bonchev–Trinajstić information content (AvgIpc) is 2.54. The number of amides is 1. The van der Waals surface area contributed by atoms with E-state index in [2.05, 4.69) is 17.2 Å². The molecule has 0 aliphatic rings. The summed E-state index contributed by atoms with van der Waals surface area (Å²) in [5, 5.41) is 2.98. The van der Waals surface area contributed by atoms with Crippen molar-refractivity contribution >= 4 is 5.91 Å². The first-order valence-electron chi connectivity index (χ1n) is 6.85. The van der Waals surface area contributed by atoms with Crippen LogP contribution in [-0.4, -0.2) is 12.5 Å². The van der Waals surface area contributed by atoms with E-state index in [1.54, 1.807) is 12.1 Å². The topological polar surface area (TPSA) is 55.1 Å². The number of nitrogens with one attached hydrogen (secondary N) is 1. The Hall–Kier alpha value is -2.57. The molecule has 2 aromatic carbocycles. The summed E-state index contributed by atoms with van der Waals surface area (Å²) in [5.41, 5.74) is 7.82. The Morgan fingerprint density at radius 2 is 1.95 bits per heavy atom. The monoisotopic (exact) mass is 278 g/mol. The second kappa shape index (κ2) is 7.28. The molecule has 0 radical (unpaired) electrons. The van der Waals surface area contributed by atoms with Gasteiger partial charge in [-0.2, -0.15) is 0 Å². The fourth-order valence-corrected chi connectivity index (χ4v) is 2.00. The summed E-state index contributed by atoms with van der Waals surface area (Å²) < 4.78 is 0.